The van der Waals surface area contributed by atoms with Crippen LogP contribution in [-0.2, 0) is 0 Å². The van der Waals surface area contributed by atoms with E-state index in [1.54, 1.807) is 17.9 Å². The van der Waals surface area contributed by atoms with E-state index in [9.17, 15) is 14.9 Å². The molecule has 20 heavy (non-hydrogen) atoms. The van der Waals surface area contributed by atoms with Gasteiger partial charge in [-0.05, 0) is 25.0 Å². The number of nitrogens with zero attached hydrogens (tertiary/aromatic N) is 2. The summed E-state index contributed by atoms with van der Waals surface area (Å²) in [5, 5.41) is 10.9. The van der Waals surface area contributed by atoms with Crippen LogP contribution >= 0.6 is 12.4 Å². The van der Waals surface area contributed by atoms with Crippen molar-refractivity contribution in [1.29, 1.82) is 0 Å². The van der Waals surface area contributed by atoms with Gasteiger partial charge in [0.05, 0.1) is 10.5 Å². The fourth-order valence-electron chi connectivity index (χ4n) is 2.25. The van der Waals surface area contributed by atoms with E-state index in [0.29, 0.717) is 18.7 Å². The highest BCUT2D eigenvalue weighted by Crippen LogP contribution is 2.28. The average molecular weight is 301 g/mol. The Morgan fingerprint density at radius 1 is 1.50 bits per heavy atom. The van der Waals surface area contributed by atoms with E-state index in [2.05, 4.69) is 0 Å². The van der Waals surface area contributed by atoms with Crippen molar-refractivity contribution in [2.24, 2.45) is 5.73 Å². The van der Waals surface area contributed by atoms with E-state index in [0.717, 1.165) is 6.42 Å². The number of nitro groups is 1. The van der Waals surface area contributed by atoms with Crippen LogP contribution < -0.4 is 11.5 Å². The number of halogens is 1. The minimum atomic E-state index is -0.575. The van der Waals surface area contributed by atoms with Gasteiger partial charge >= 0.3 is 0 Å². The number of carbonyl (C=O) groups is 1. The van der Waals surface area contributed by atoms with Gasteiger partial charge in [-0.2, -0.15) is 0 Å². The van der Waals surface area contributed by atoms with Crippen molar-refractivity contribution in [2.75, 3.05) is 18.8 Å². The first-order valence-electron chi connectivity index (χ1n) is 5.99. The van der Waals surface area contributed by atoms with Crippen LogP contribution in [0.15, 0.2) is 12.1 Å². The molecule has 0 unspecified atom stereocenters. The molecule has 110 valence electrons. The molecule has 1 aromatic rings. The summed E-state index contributed by atoms with van der Waals surface area (Å²) in [7, 11) is 0. The third kappa shape index (κ3) is 3.00. The Hall–Kier alpha value is -1.86. The van der Waals surface area contributed by atoms with Crippen LogP contribution in [0.3, 0.4) is 0 Å². The number of hydrogen-bond acceptors (Lipinski definition) is 5. The lowest BCUT2D eigenvalue weighted by Gasteiger charge is -2.17. The fraction of sp³-hybridized carbons (Fsp3) is 0.417. The summed E-state index contributed by atoms with van der Waals surface area (Å²) in [6.07, 6.45) is 0.736. The Morgan fingerprint density at radius 2 is 2.15 bits per heavy atom. The highest BCUT2D eigenvalue weighted by Gasteiger charge is 2.28. The number of carbonyl (C=O) groups excluding carboxylic acids is 1. The standard InChI is InChI=1S/C12H16N4O3.ClH/c1-7-4-9(11(14)10(5-7)16(18)19)12(17)15-3-2-8(13)6-15;/h4-5,8H,2-3,6,13-14H2,1H3;1H/t8-;/m1./s1. The van der Waals surface area contributed by atoms with Gasteiger partial charge in [0, 0.05) is 25.2 Å². The van der Waals surface area contributed by atoms with Gasteiger partial charge in [0.2, 0.25) is 0 Å². The molecule has 0 saturated carbocycles. The third-order valence-corrected chi connectivity index (χ3v) is 3.24. The molecule has 7 nitrogen and oxygen atoms in total. The Bertz CT molecular complexity index is 550. The SMILES string of the molecule is Cc1cc(C(=O)N2CC[C@@H](N)C2)c(N)c([N+](=O)[O-])c1.Cl. The van der Waals surface area contributed by atoms with Crippen LogP contribution in [0.2, 0.25) is 0 Å². The van der Waals surface area contributed by atoms with Crippen LogP contribution in [0, 0.1) is 17.0 Å². The molecule has 8 heteroatoms. The van der Waals surface area contributed by atoms with Crippen LogP contribution in [0.4, 0.5) is 11.4 Å². The Morgan fingerprint density at radius 3 is 2.65 bits per heavy atom. The number of aryl methyl sites for hydroxylation is 1. The topological polar surface area (TPSA) is 115 Å². The Kier molecular flexibility index (Phi) is 4.91. The van der Waals surface area contributed by atoms with Crippen molar-refractivity contribution in [3.8, 4) is 0 Å². The number of amides is 1. The Balaban J connectivity index is 0.00000200. The van der Waals surface area contributed by atoms with Gasteiger partial charge in [-0.3, -0.25) is 14.9 Å². The maximum absolute atomic E-state index is 12.3. The molecule has 2 rings (SSSR count). The summed E-state index contributed by atoms with van der Waals surface area (Å²) in [5.74, 6) is -0.294. The molecule has 0 spiro atoms. The third-order valence-electron chi connectivity index (χ3n) is 3.24. The summed E-state index contributed by atoms with van der Waals surface area (Å²) < 4.78 is 0. The molecule has 1 amide bonds. The Labute approximate surface area is 122 Å². The monoisotopic (exact) mass is 300 g/mol. The summed E-state index contributed by atoms with van der Waals surface area (Å²) in [5.41, 5.74) is 12.0. The lowest BCUT2D eigenvalue weighted by atomic mass is 10.1. The number of hydrogen-bond donors (Lipinski definition) is 2. The van der Waals surface area contributed by atoms with Crippen molar-refractivity contribution < 1.29 is 9.72 Å². The molecule has 1 fully saturated rings. The van der Waals surface area contributed by atoms with Crippen molar-refractivity contribution in [2.45, 2.75) is 19.4 Å². The molecule has 0 radical (unpaired) electrons. The molecule has 1 aromatic carbocycles. The van der Waals surface area contributed by atoms with Gasteiger partial charge in [0.15, 0.2) is 0 Å². The average Bonchev–Trinajstić information content (AvgIpc) is 2.77. The second-order valence-corrected chi connectivity index (χ2v) is 4.80. The maximum Gasteiger partial charge on any atom is 0.293 e. The first-order valence-corrected chi connectivity index (χ1v) is 5.99. The van der Waals surface area contributed by atoms with Crippen molar-refractivity contribution in [3.05, 3.63) is 33.4 Å². The maximum atomic E-state index is 12.3. The van der Waals surface area contributed by atoms with Gasteiger partial charge in [-0.1, -0.05) is 0 Å². The molecule has 1 heterocycles. The van der Waals surface area contributed by atoms with Crippen molar-refractivity contribution in [3.63, 3.8) is 0 Å². The first kappa shape index (κ1) is 16.2. The van der Waals surface area contributed by atoms with E-state index in [1.807, 2.05) is 0 Å². The van der Waals surface area contributed by atoms with Gasteiger partial charge in [-0.15, -0.1) is 12.4 Å². The number of likely N-dealkylation sites (tertiary alicyclic amines) is 1. The summed E-state index contributed by atoms with van der Waals surface area (Å²) in [4.78, 5) is 24.2. The molecule has 1 aliphatic rings. The normalized spacial score (nSPS) is 17.7. The molecular weight excluding hydrogens is 284 g/mol. The smallest absolute Gasteiger partial charge is 0.293 e. The molecule has 0 bridgehead atoms. The van der Waals surface area contributed by atoms with Crippen LogP contribution in [0.1, 0.15) is 22.3 Å². The zero-order valence-corrected chi connectivity index (χ0v) is 11.9. The largest absolute Gasteiger partial charge is 0.393 e. The van der Waals surface area contributed by atoms with Crippen molar-refractivity contribution >= 4 is 29.7 Å². The minimum Gasteiger partial charge on any atom is -0.393 e. The number of benzene rings is 1. The lowest BCUT2D eigenvalue weighted by Crippen LogP contribution is -2.32. The predicted octanol–water partition coefficient (Wildman–Crippen LogP) is 1.08. The second kappa shape index (κ2) is 6.06. The molecule has 0 aliphatic carbocycles. The van der Waals surface area contributed by atoms with Crippen LogP contribution in [-0.4, -0.2) is 34.9 Å². The molecule has 4 N–H and O–H groups in total. The van der Waals surface area contributed by atoms with Gasteiger partial charge in [0.1, 0.15) is 5.69 Å². The van der Waals surface area contributed by atoms with E-state index in [-0.39, 0.29) is 41.3 Å². The van der Waals surface area contributed by atoms with Crippen LogP contribution in [0.5, 0.6) is 0 Å². The minimum absolute atomic E-state index is 0. The zero-order valence-electron chi connectivity index (χ0n) is 11.0. The highest BCUT2D eigenvalue weighted by atomic mass is 35.5. The highest BCUT2D eigenvalue weighted by molar-refractivity contribution is 6.01. The fourth-order valence-corrected chi connectivity index (χ4v) is 2.25. The summed E-state index contributed by atoms with van der Waals surface area (Å²) in [6, 6.07) is 2.90. The van der Waals surface area contributed by atoms with Gasteiger partial charge in [0.25, 0.3) is 11.6 Å². The summed E-state index contributed by atoms with van der Waals surface area (Å²) >= 11 is 0. The number of rotatable bonds is 2. The molecule has 0 aromatic heterocycles. The molecule has 1 aliphatic heterocycles. The van der Waals surface area contributed by atoms with Crippen LogP contribution in [0.25, 0.3) is 0 Å². The predicted molar refractivity (Wildman–Crippen MR) is 78.0 cm³/mol. The quantitative estimate of drug-likeness (QED) is 0.481. The zero-order chi connectivity index (χ0) is 14.2. The number of nitrogen functional groups attached to an aromatic ring is 1. The summed E-state index contributed by atoms with van der Waals surface area (Å²) in [6.45, 7) is 2.71. The number of nitrogens with two attached hydrogens (primary N) is 2. The lowest BCUT2D eigenvalue weighted by molar-refractivity contribution is -0.384. The van der Waals surface area contributed by atoms with E-state index >= 15 is 0 Å². The second-order valence-electron chi connectivity index (χ2n) is 4.80. The first-order chi connectivity index (χ1) is 8.90. The number of nitro benzene ring substituents is 1. The van der Waals surface area contributed by atoms with E-state index in [1.165, 1.54) is 6.07 Å². The number of anilines is 1. The van der Waals surface area contributed by atoms with Crippen molar-refractivity contribution in [1.82, 2.24) is 4.90 Å². The molecule has 1 saturated heterocycles. The molecular formula is C12H17ClN4O3. The van der Waals surface area contributed by atoms with Gasteiger partial charge in [-0.25, -0.2) is 0 Å². The van der Waals surface area contributed by atoms with E-state index in [4.69, 9.17) is 11.5 Å². The van der Waals surface area contributed by atoms with E-state index < -0.39 is 4.92 Å². The molecule has 1 atom stereocenters. The van der Waals surface area contributed by atoms with Gasteiger partial charge < -0.3 is 16.4 Å².